The Morgan fingerprint density at radius 1 is 0.793 bits per heavy atom. The van der Waals surface area contributed by atoms with E-state index in [-0.39, 0.29) is 36.9 Å². The van der Waals surface area contributed by atoms with E-state index in [2.05, 4.69) is 6.92 Å². The van der Waals surface area contributed by atoms with Crippen molar-refractivity contribution >= 4 is 0 Å². The molecule has 158 valence electrons. The van der Waals surface area contributed by atoms with E-state index in [0.717, 1.165) is 31.7 Å². The number of ether oxygens (including phenoxy) is 3. The Labute approximate surface area is 167 Å². The minimum absolute atomic E-state index is 0.0992. The molecule has 0 radical (unpaired) electrons. The molecule has 1 saturated heterocycles. The minimum atomic E-state index is -1.30. The fraction of sp³-hybridized carbons (Fsp3) is 0.455. The Morgan fingerprint density at radius 2 is 1.34 bits per heavy atom. The maximum absolute atomic E-state index is 14.6. The van der Waals surface area contributed by atoms with Gasteiger partial charge in [0.15, 0.2) is 23.1 Å². The van der Waals surface area contributed by atoms with Gasteiger partial charge in [-0.2, -0.15) is 8.78 Å². The van der Waals surface area contributed by atoms with Gasteiger partial charge in [-0.05, 0) is 50.5 Å². The molecule has 3 rings (SSSR count). The first kappa shape index (κ1) is 21.4. The monoisotopic (exact) mass is 412 g/mol. The van der Waals surface area contributed by atoms with E-state index in [1.807, 2.05) is 0 Å². The molecule has 0 bridgehead atoms. The molecule has 1 aliphatic heterocycles. The van der Waals surface area contributed by atoms with Crippen molar-refractivity contribution < 1.29 is 31.8 Å². The fourth-order valence-corrected chi connectivity index (χ4v) is 3.48. The fourth-order valence-electron chi connectivity index (χ4n) is 3.48. The summed E-state index contributed by atoms with van der Waals surface area (Å²) in [6.45, 7) is 3.95. The van der Waals surface area contributed by atoms with Crippen molar-refractivity contribution in [3.63, 3.8) is 0 Å². The highest BCUT2D eigenvalue weighted by Crippen LogP contribution is 2.35. The Balaban J connectivity index is 1.76. The average Bonchev–Trinajstić information content (AvgIpc) is 3.15. The summed E-state index contributed by atoms with van der Waals surface area (Å²) in [6.07, 6.45) is 3.69. The third-order valence-corrected chi connectivity index (χ3v) is 4.91. The standard InChI is InChI=1S/C22H24F4O3/c1-3-5-13-6-7-14(29-13)12-28-18-11-9-16(20(24)22(18)26)15-8-10-17(27-4-2)21(25)19(15)23/h8-11,13-14H,3-7,12H2,1-2H3. The van der Waals surface area contributed by atoms with Crippen molar-refractivity contribution in [1.29, 1.82) is 0 Å². The molecule has 7 heteroatoms. The van der Waals surface area contributed by atoms with Crippen LogP contribution in [0.3, 0.4) is 0 Å². The van der Waals surface area contributed by atoms with Gasteiger partial charge in [-0.3, -0.25) is 0 Å². The van der Waals surface area contributed by atoms with Crippen LogP contribution in [0.25, 0.3) is 11.1 Å². The Morgan fingerprint density at radius 3 is 1.90 bits per heavy atom. The lowest BCUT2D eigenvalue weighted by Crippen LogP contribution is -2.19. The molecule has 0 N–H and O–H groups in total. The van der Waals surface area contributed by atoms with Crippen molar-refractivity contribution in [2.45, 2.75) is 51.7 Å². The molecule has 0 amide bonds. The molecule has 0 aliphatic carbocycles. The van der Waals surface area contributed by atoms with Gasteiger partial charge in [-0.25, -0.2) is 8.78 Å². The van der Waals surface area contributed by atoms with Gasteiger partial charge < -0.3 is 14.2 Å². The minimum Gasteiger partial charge on any atom is -0.491 e. The van der Waals surface area contributed by atoms with Crippen LogP contribution in [0.15, 0.2) is 24.3 Å². The molecular weight excluding hydrogens is 388 g/mol. The number of hydrogen-bond acceptors (Lipinski definition) is 3. The van der Waals surface area contributed by atoms with E-state index < -0.39 is 34.4 Å². The van der Waals surface area contributed by atoms with E-state index in [4.69, 9.17) is 14.2 Å². The van der Waals surface area contributed by atoms with E-state index in [9.17, 15) is 17.6 Å². The van der Waals surface area contributed by atoms with Crippen LogP contribution in [0.4, 0.5) is 17.6 Å². The van der Waals surface area contributed by atoms with Gasteiger partial charge in [0, 0.05) is 11.1 Å². The number of benzene rings is 2. The van der Waals surface area contributed by atoms with Crippen LogP contribution < -0.4 is 9.47 Å². The van der Waals surface area contributed by atoms with Crippen molar-refractivity contribution in [2.24, 2.45) is 0 Å². The molecule has 2 aromatic rings. The van der Waals surface area contributed by atoms with E-state index >= 15 is 0 Å². The first-order valence-electron chi connectivity index (χ1n) is 9.83. The highest BCUT2D eigenvalue weighted by atomic mass is 19.2. The summed E-state index contributed by atoms with van der Waals surface area (Å²) in [5, 5.41) is 0. The second kappa shape index (κ2) is 9.48. The van der Waals surface area contributed by atoms with Gasteiger partial charge in [0.1, 0.15) is 6.61 Å². The van der Waals surface area contributed by atoms with Gasteiger partial charge in [0.25, 0.3) is 0 Å². The highest BCUT2D eigenvalue weighted by molar-refractivity contribution is 5.67. The van der Waals surface area contributed by atoms with Gasteiger partial charge in [0.2, 0.25) is 11.6 Å². The summed E-state index contributed by atoms with van der Waals surface area (Å²) in [6, 6.07) is 4.71. The lowest BCUT2D eigenvalue weighted by molar-refractivity contribution is 0.0135. The Kier molecular flexibility index (Phi) is 7.00. The zero-order valence-electron chi connectivity index (χ0n) is 16.4. The summed E-state index contributed by atoms with van der Waals surface area (Å²) in [5.41, 5.74) is -0.787. The molecule has 2 atom stereocenters. The Hall–Kier alpha value is -2.28. The SMILES string of the molecule is CCCC1CCC(COc2ccc(-c3ccc(OCC)c(F)c3F)c(F)c2F)O1. The third kappa shape index (κ3) is 4.66. The highest BCUT2D eigenvalue weighted by Gasteiger charge is 2.26. The predicted molar refractivity (Wildman–Crippen MR) is 101 cm³/mol. The summed E-state index contributed by atoms with van der Waals surface area (Å²) < 4.78 is 73.6. The molecule has 1 heterocycles. The van der Waals surface area contributed by atoms with Gasteiger partial charge in [-0.1, -0.05) is 13.3 Å². The van der Waals surface area contributed by atoms with Crippen LogP contribution in [0.1, 0.15) is 39.5 Å². The maximum Gasteiger partial charge on any atom is 0.201 e. The van der Waals surface area contributed by atoms with E-state index in [0.29, 0.717) is 0 Å². The van der Waals surface area contributed by atoms with Crippen LogP contribution in [0.2, 0.25) is 0 Å². The van der Waals surface area contributed by atoms with Crippen molar-refractivity contribution in [2.75, 3.05) is 13.2 Å². The van der Waals surface area contributed by atoms with Crippen LogP contribution in [0.5, 0.6) is 11.5 Å². The lowest BCUT2D eigenvalue weighted by Gasteiger charge is -2.16. The third-order valence-electron chi connectivity index (χ3n) is 4.91. The van der Waals surface area contributed by atoms with Crippen molar-refractivity contribution in [1.82, 2.24) is 0 Å². The van der Waals surface area contributed by atoms with E-state index in [1.54, 1.807) is 6.92 Å². The molecule has 29 heavy (non-hydrogen) atoms. The summed E-state index contributed by atoms with van der Waals surface area (Å²) in [5.74, 6) is -5.68. The molecule has 0 saturated carbocycles. The van der Waals surface area contributed by atoms with Crippen molar-refractivity contribution in [3.8, 4) is 22.6 Å². The lowest BCUT2D eigenvalue weighted by atomic mass is 10.0. The van der Waals surface area contributed by atoms with Gasteiger partial charge >= 0.3 is 0 Å². The van der Waals surface area contributed by atoms with Crippen LogP contribution in [0, 0.1) is 23.3 Å². The van der Waals surface area contributed by atoms with Crippen molar-refractivity contribution in [3.05, 3.63) is 47.5 Å². The second-order valence-corrected chi connectivity index (χ2v) is 6.97. The second-order valence-electron chi connectivity index (χ2n) is 6.97. The quantitative estimate of drug-likeness (QED) is 0.495. The first-order chi connectivity index (χ1) is 14.0. The number of halogens is 4. The van der Waals surface area contributed by atoms with Gasteiger partial charge in [0.05, 0.1) is 18.8 Å². The zero-order chi connectivity index (χ0) is 21.0. The Bertz CT molecular complexity index is 856. The molecule has 0 spiro atoms. The smallest absolute Gasteiger partial charge is 0.201 e. The molecule has 0 aromatic heterocycles. The first-order valence-corrected chi connectivity index (χ1v) is 9.83. The van der Waals surface area contributed by atoms with E-state index in [1.165, 1.54) is 18.2 Å². The largest absolute Gasteiger partial charge is 0.491 e. The maximum atomic E-state index is 14.6. The van der Waals surface area contributed by atoms with Crippen LogP contribution >= 0.6 is 0 Å². The molecular formula is C22H24F4O3. The topological polar surface area (TPSA) is 27.7 Å². The normalized spacial score (nSPS) is 18.8. The molecule has 1 aliphatic rings. The van der Waals surface area contributed by atoms with Crippen LogP contribution in [-0.4, -0.2) is 25.4 Å². The molecule has 2 aromatic carbocycles. The summed E-state index contributed by atoms with van der Waals surface area (Å²) in [7, 11) is 0. The van der Waals surface area contributed by atoms with Crippen LogP contribution in [-0.2, 0) is 4.74 Å². The summed E-state index contributed by atoms with van der Waals surface area (Å²) >= 11 is 0. The molecule has 3 nitrogen and oxygen atoms in total. The predicted octanol–water partition coefficient (Wildman–Crippen LogP) is 6.04. The number of rotatable bonds is 8. The molecule has 2 unspecified atom stereocenters. The van der Waals surface area contributed by atoms with Gasteiger partial charge in [-0.15, -0.1) is 0 Å². The molecule has 1 fully saturated rings. The summed E-state index contributed by atoms with van der Waals surface area (Å²) in [4.78, 5) is 0. The average molecular weight is 412 g/mol. The zero-order valence-corrected chi connectivity index (χ0v) is 16.4. The number of hydrogen-bond donors (Lipinski definition) is 0.